The minimum atomic E-state index is -2.61. The van der Waals surface area contributed by atoms with Crippen LogP contribution in [0.25, 0.3) is 0 Å². The molecule has 13 heteroatoms. The van der Waals surface area contributed by atoms with Crippen LogP contribution in [0, 0.1) is 52.4 Å². The van der Waals surface area contributed by atoms with Crippen molar-refractivity contribution < 1.29 is 58.9 Å². The molecule has 0 saturated heterocycles. The van der Waals surface area contributed by atoms with Gasteiger partial charge in [-0.15, -0.1) is 0 Å². The van der Waals surface area contributed by atoms with Crippen LogP contribution in [0.15, 0.2) is 0 Å². The lowest BCUT2D eigenvalue weighted by molar-refractivity contribution is 0.0443. The molecule has 0 aromatic heterocycles. The number of benzene rings is 2. The smallest absolute Gasteiger partial charge is 0.342 e. The molecule has 0 aliphatic heterocycles. The van der Waals surface area contributed by atoms with E-state index in [0.717, 1.165) is 0 Å². The summed E-state index contributed by atoms with van der Waals surface area (Å²) in [4.78, 5) is 22.7. The lowest BCUT2D eigenvalue weighted by Crippen LogP contribution is -2.20. The highest BCUT2D eigenvalue weighted by atomic mass is 19.2. The van der Waals surface area contributed by atoms with E-state index < -0.39 is 87.6 Å². The van der Waals surface area contributed by atoms with E-state index in [1.165, 1.54) is 0 Å². The van der Waals surface area contributed by atoms with Gasteiger partial charge in [0.25, 0.3) is 0 Å². The summed E-state index contributed by atoms with van der Waals surface area (Å²) >= 11 is 0. The standard InChI is InChI=1S/C15H3F9O4/c16-5-2(6(17)10(21)13(24)9(5)20)1-28-15(27)4-3(14(25)26)7(18)11(22)12(23)8(4)19/h1H2,(H,25,26). The van der Waals surface area contributed by atoms with Crippen LogP contribution in [-0.2, 0) is 11.3 Å². The summed E-state index contributed by atoms with van der Waals surface area (Å²) in [6.07, 6.45) is 0. The van der Waals surface area contributed by atoms with E-state index >= 15 is 0 Å². The van der Waals surface area contributed by atoms with Crippen molar-refractivity contribution >= 4 is 11.9 Å². The second kappa shape index (κ2) is 7.40. The van der Waals surface area contributed by atoms with Crippen LogP contribution in [-0.4, -0.2) is 17.0 Å². The molecule has 0 atom stereocenters. The summed E-state index contributed by atoms with van der Waals surface area (Å²) in [5.41, 5.74) is -5.74. The predicted molar refractivity (Wildman–Crippen MR) is 68.6 cm³/mol. The Bertz CT molecular complexity index is 991. The zero-order valence-electron chi connectivity index (χ0n) is 12.8. The van der Waals surface area contributed by atoms with Crippen LogP contribution >= 0.6 is 0 Å². The molecule has 2 rings (SSSR count). The van der Waals surface area contributed by atoms with E-state index in [-0.39, 0.29) is 0 Å². The molecule has 0 fully saturated rings. The maximum atomic E-state index is 13.7. The van der Waals surface area contributed by atoms with Gasteiger partial charge in [0.05, 0.1) is 5.56 Å². The number of carboxylic acids is 1. The fourth-order valence-electron chi connectivity index (χ4n) is 2.01. The number of carboxylic acid groups (broad SMARTS) is 1. The molecule has 2 aromatic rings. The van der Waals surface area contributed by atoms with Gasteiger partial charge >= 0.3 is 11.9 Å². The number of aromatic carboxylic acids is 1. The Balaban J connectivity index is 2.50. The van der Waals surface area contributed by atoms with Crippen molar-refractivity contribution in [3.63, 3.8) is 0 Å². The Kier molecular flexibility index (Phi) is 5.57. The summed E-state index contributed by atoms with van der Waals surface area (Å²) < 4.78 is 124. The van der Waals surface area contributed by atoms with Crippen LogP contribution in [0.3, 0.4) is 0 Å². The number of carbonyl (C=O) groups excluding carboxylic acids is 1. The lowest BCUT2D eigenvalue weighted by Gasteiger charge is -2.12. The molecule has 0 radical (unpaired) electrons. The Labute approximate surface area is 147 Å². The second-order valence-electron chi connectivity index (χ2n) is 4.94. The molecule has 0 unspecified atom stereocenters. The third-order valence-electron chi connectivity index (χ3n) is 3.33. The number of rotatable bonds is 4. The van der Waals surface area contributed by atoms with Crippen molar-refractivity contribution in [3.8, 4) is 0 Å². The molecule has 0 bridgehead atoms. The van der Waals surface area contributed by atoms with Gasteiger partial charge in [-0.1, -0.05) is 0 Å². The first-order valence-electron chi connectivity index (χ1n) is 6.68. The van der Waals surface area contributed by atoms with Crippen molar-refractivity contribution in [2.24, 2.45) is 0 Å². The van der Waals surface area contributed by atoms with E-state index in [9.17, 15) is 49.1 Å². The highest BCUT2D eigenvalue weighted by molar-refractivity contribution is 6.02. The molecule has 0 spiro atoms. The van der Waals surface area contributed by atoms with Gasteiger partial charge in [0, 0.05) is 0 Å². The maximum Gasteiger partial charge on any atom is 0.342 e. The van der Waals surface area contributed by atoms with Crippen molar-refractivity contribution in [2.75, 3.05) is 0 Å². The average Bonchev–Trinajstić information content (AvgIpc) is 2.65. The van der Waals surface area contributed by atoms with Gasteiger partial charge in [0.1, 0.15) is 17.7 Å². The molecule has 0 heterocycles. The van der Waals surface area contributed by atoms with E-state index in [1.807, 2.05) is 0 Å². The van der Waals surface area contributed by atoms with Gasteiger partial charge in [-0.3, -0.25) is 0 Å². The maximum absolute atomic E-state index is 13.7. The minimum absolute atomic E-state index is 1.72. The molecule has 28 heavy (non-hydrogen) atoms. The number of hydrogen-bond acceptors (Lipinski definition) is 3. The second-order valence-corrected chi connectivity index (χ2v) is 4.94. The quantitative estimate of drug-likeness (QED) is 0.353. The third kappa shape index (κ3) is 3.23. The highest BCUT2D eigenvalue weighted by Crippen LogP contribution is 2.27. The van der Waals surface area contributed by atoms with E-state index in [2.05, 4.69) is 4.74 Å². The summed E-state index contributed by atoms with van der Waals surface area (Å²) in [5.74, 6) is -27.1. The highest BCUT2D eigenvalue weighted by Gasteiger charge is 2.34. The molecule has 0 aliphatic carbocycles. The largest absolute Gasteiger partial charge is 0.478 e. The molecule has 1 N–H and O–H groups in total. The third-order valence-corrected chi connectivity index (χ3v) is 3.33. The SMILES string of the molecule is O=C(O)c1c(F)c(F)c(F)c(F)c1C(=O)OCc1c(F)c(F)c(F)c(F)c1F. The van der Waals surface area contributed by atoms with E-state index in [1.54, 1.807) is 0 Å². The number of hydrogen-bond donors (Lipinski definition) is 1. The average molecular weight is 418 g/mol. The van der Waals surface area contributed by atoms with Gasteiger partial charge in [-0.05, 0) is 0 Å². The molecular weight excluding hydrogens is 415 g/mol. The van der Waals surface area contributed by atoms with Crippen molar-refractivity contribution in [3.05, 3.63) is 69.0 Å². The molecular formula is C15H3F9O4. The van der Waals surface area contributed by atoms with Gasteiger partial charge < -0.3 is 9.84 Å². The molecule has 0 amide bonds. The van der Waals surface area contributed by atoms with Gasteiger partial charge in [0.15, 0.2) is 46.5 Å². The topological polar surface area (TPSA) is 63.6 Å². The molecule has 0 aliphatic rings. The number of carbonyl (C=O) groups is 2. The summed E-state index contributed by atoms with van der Waals surface area (Å²) in [5, 5.41) is 8.75. The number of ether oxygens (including phenoxy) is 1. The van der Waals surface area contributed by atoms with Gasteiger partial charge in [-0.2, -0.15) is 0 Å². The normalized spacial score (nSPS) is 10.9. The van der Waals surface area contributed by atoms with Crippen LogP contribution in [0.4, 0.5) is 39.5 Å². The molecule has 2 aromatic carbocycles. The first kappa shape index (κ1) is 21.1. The zero-order valence-corrected chi connectivity index (χ0v) is 12.8. The Morgan fingerprint density at radius 2 is 0.964 bits per heavy atom. The minimum Gasteiger partial charge on any atom is -0.478 e. The van der Waals surface area contributed by atoms with E-state index in [4.69, 9.17) is 5.11 Å². The fraction of sp³-hybridized carbons (Fsp3) is 0.0667. The molecule has 4 nitrogen and oxygen atoms in total. The summed E-state index contributed by atoms with van der Waals surface area (Å²) in [6.45, 7) is -1.77. The monoisotopic (exact) mass is 418 g/mol. The molecule has 150 valence electrons. The van der Waals surface area contributed by atoms with Gasteiger partial charge in [0.2, 0.25) is 5.82 Å². The van der Waals surface area contributed by atoms with Crippen molar-refractivity contribution in [2.45, 2.75) is 6.61 Å². The lowest BCUT2D eigenvalue weighted by atomic mass is 10.1. The van der Waals surface area contributed by atoms with Crippen molar-refractivity contribution in [1.82, 2.24) is 0 Å². The summed E-state index contributed by atoms with van der Waals surface area (Å²) in [7, 11) is 0. The van der Waals surface area contributed by atoms with E-state index in [0.29, 0.717) is 0 Å². The summed E-state index contributed by atoms with van der Waals surface area (Å²) in [6, 6.07) is 0. The Morgan fingerprint density at radius 1 is 0.607 bits per heavy atom. The van der Waals surface area contributed by atoms with Crippen LogP contribution in [0.1, 0.15) is 26.3 Å². The first-order valence-corrected chi connectivity index (χ1v) is 6.68. The number of esters is 1. The van der Waals surface area contributed by atoms with Crippen LogP contribution in [0.2, 0.25) is 0 Å². The Hall–Kier alpha value is -3.25. The van der Waals surface area contributed by atoms with Crippen LogP contribution in [0.5, 0.6) is 0 Å². The first-order chi connectivity index (χ1) is 12.9. The van der Waals surface area contributed by atoms with Crippen LogP contribution < -0.4 is 0 Å². The van der Waals surface area contributed by atoms with Crippen molar-refractivity contribution in [1.29, 1.82) is 0 Å². The fourth-order valence-corrected chi connectivity index (χ4v) is 2.01. The molecule has 0 saturated carbocycles. The van der Waals surface area contributed by atoms with Gasteiger partial charge in [-0.25, -0.2) is 49.1 Å². The Morgan fingerprint density at radius 3 is 1.39 bits per heavy atom. The number of halogens is 9. The predicted octanol–water partition coefficient (Wildman–Crippen LogP) is 3.99. The zero-order chi connectivity index (χ0) is 21.5.